The molecule has 0 bridgehead atoms. The Hall–Kier alpha value is -3.05. The van der Waals surface area contributed by atoms with Gasteiger partial charge in [-0.3, -0.25) is 5.32 Å². The van der Waals surface area contributed by atoms with Crippen LogP contribution in [-0.2, 0) is 4.74 Å². The van der Waals surface area contributed by atoms with E-state index >= 15 is 0 Å². The fourth-order valence-corrected chi connectivity index (χ4v) is 5.20. The summed E-state index contributed by atoms with van der Waals surface area (Å²) in [5, 5.41) is 2.87. The highest BCUT2D eigenvalue weighted by Crippen LogP contribution is 2.48. The smallest absolute Gasteiger partial charge is 0.412 e. The Kier molecular flexibility index (Phi) is 6.49. The number of pyridine rings is 1. The number of carbonyl (C=O) groups is 1. The third kappa shape index (κ3) is 4.55. The van der Waals surface area contributed by atoms with E-state index in [2.05, 4.69) is 64.8 Å². The summed E-state index contributed by atoms with van der Waals surface area (Å²) in [5.41, 5.74) is 6.06. The maximum Gasteiger partial charge on any atom is 0.412 e. The van der Waals surface area contributed by atoms with Gasteiger partial charge in [-0.15, -0.1) is 11.6 Å². The van der Waals surface area contributed by atoms with Gasteiger partial charge in [0.15, 0.2) is 0 Å². The third-order valence-electron chi connectivity index (χ3n) is 6.59. The molecule has 2 aromatic carbocycles. The lowest BCUT2D eigenvalue weighted by molar-refractivity contribution is 0.162. The molecule has 2 aliphatic rings. The van der Waals surface area contributed by atoms with Crippen LogP contribution in [0.15, 0.2) is 66.7 Å². The monoisotopic (exact) mass is 461 g/mol. The number of rotatable bonds is 6. The number of aromatic nitrogens is 1. The molecule has 5 nitrogen and oxygen atoms in total. The molecule has 1 N–H and O–H groups in total. The minimum absolute atomic E-state index is 0.194. The van der Waals surface area contributed by atoms with Crippen molar-refractivity contribution in [2.75, 3.05) is 35.8 Å². The van der Waals surface area contributed by atoms with Crippen LogP contribution in [0.5, 0.6) is 0 Å². The first-order chi connectivity index (χ1) is 16.2. The van der Waals surface area contributed by atoms with Gasteiger partial charge in [0.2, 0.25) is 0 Å². The lowest BCUT2D eigenvalue weighted by atomic mass is 9.79. The Morgan fingerprint density at radius 1 is 1.00 bits per heavy atom. The standard InChI is InChI=1S/C27H28ClN3O2/c28-14-7-17-33-27(32)30-24-18-23-21(19-8-3-1-4-9-19)12-15-31-16-13-22(25(29-24)26(23)31)20-10-5-2-6-11-20/h1-6,8-11,18,21-22H,7,12-17H2,(H,29,30,32)/t21-,22-/m0/s1. The molecule has 33 heavy (non-hydrogen) atoms. The zero-order chi connectivity index (χ0) is 22.6. The molecule has 3 aromatic rings. The molecular formula is C27H28ClN3O2. The van der Waals surface area contributed by atoms with Gasteiger partial charge in [-0.25, -0.2) is 9.78 Å². The number of nitrogens with zero attached hydrogens (tertiary/aromatic N) is 2. The van der Waals surface area contributed by atoms with E-state index in [4.69, 9.17) is 21.3 Å². The minimum Gasteiger partial charge on any atom is -0.449 e. The average Bonchev–Trinajstić information content (AvgIpc) is 2.85. The van der Waals surface area contributed by atoms with Crippen molar-refractivity contribution in [1.82, 2.24) is 4.98 Å². The van der Waals surface area contributed by atoms with E-state index in [0.717, 1.165) is 31.6 Å². The highest BCUT2D eigenvalue weighted by atomic mass is 35.5. The molecule has 170 valence electrons. The maximum atomic E-state index is 12.4. The summed E-state index contributed by atoms with van der Waals surface area (Å²) in [6, 6.07) is 23.2. The number of benzene rings is 2. The van der Waals surface area contributed by atoms with Crippen molar-refractivity contribution in [1.29, 1.82) is 0 Å². The van der Waals surface area contributed by atoms with Crippen LogP contribution in [0.2, 0.25) is 0 Å². The van der Waals surface area contributed by atoms with Crippen molar-refractivity contribution in [2.45, 2.75) is 31.1 Å². The van der Waals surface area contributed by atoms with E-state index in [1.165, 1.54) is 22.4 Å². The van der Waals surface area contributed by atoms with Crippen LogP contribution in [0.25, 0.3) is 0 Å². The fraction of sp³-hybridized carbons (Fsp3) is 0.333. The minimum atomic E-state index is -0.490. The second kappa shape index (κ2) is 9.84. The van der Waals surface area contributed by atoms with Gasteiger partial charge in [-0.1, -0.05) is 60.7 Å². The molecule has 0 unspecified atom stereocenters. The Morgan fingerprint density at radius 3 is 2.30 bits per heavy atom. The van der Waals surface area contributed by atoms with Gasteiger partial charge in [-0.05, 0) is 42.0 Å². The van der Waals surface area contributed by atoms with Gasteiger partial charge >= 0.3 is 6.09 Å². The van der Waals surface area contributed by atoms with Crippen LogP contribution >= 0.6 is 11.6 Å². The molecule has 2 aliphatic heterocycles. The molecule has 0 fully saturated rings. The number of carbonyl (C=O) groups excluding carboxylic acids is 1. The number of ether oxygens (including phenoxy) is 1. The number of halogens is 1. The number of hydrogen-bond donors (Lipinski definition) is 1. The summed E-state index contributed by atoms with van der Waals surface area (Å²) >= 11 is 5.70. The maximum absolute atomic E-state index is 12.4. The first-order valence-electron chi connectivity index (χ1n) is 11.6. The van der Waals surface area contributed by atoms with E-state index in [0.29, 0.717) is 24.7 Å². The van der Waals surface area contributed by atoms with Crippen molar-refractivity contribution in [2.24, 2.45) is 0 Å². The second-order valence-corrected chi connectivity index (χ2v) is 9.00. The molecule has 0 spiro atoms. The second-order valence-electron chi connectivity index (χ2n) is 8.62. The fourth-order valence-electron chi connectivity index (χ4n) is 5.09. The van der Waals surface area contributed by atoms with E-state index in [1.807, 2.05) is 12.1 Å². The van der Waals surface area contributed by atoms with Crippen LogP contribution < -0.4 is 10.2 Å². The molecule has 6 heteroatoms. The summed E-state index contributed by atoms with van der Waals surface area (Å²) in [4.78, 5) is 19.9. The SMILES string of the molecule is O=C(Nc1cc2c3c(n1)[C@H](c1ccccc1)CCN3CC[C@H]2c1ccccc1)OCCCCl. The summed E-state index contributed by atoms with van der Waals surface area (Å²) in [7, 11) is 0. The van der Waals surface area contributed by atoms with Crippen molar-refractivity contribution < 1.29 is 9.53 Å². The summed E-state index contributed by atoms with van der Waals surface area (Å²) < 4.78 is 5.28. The van der Waals surface area contributed by atoms with Crippen molar-refractivity contribution in [3.63, 3.8) is 0 Å². The normalized spacial score (nSPS) is 19.0. The quantitative estimate of drug-likeness (QED) is 0.354. The Morgan fingerprint density at radius 2 is 1.64 bits per heavy atom. The molecule has 5 rings (SSSR count). The molecule has 0 aliphatic carbocycles. The zero-order valence-corrected chi connectivity index (χ0v) is 19.3. The van der Waals surface area contributed by atoms with Crippen LogP contribution in [-0.4, -0.2) is 36.7 Å². The number of amides is 1. The number of hydrogen-bond acceptors (Lipinski definition) is 4. The predicted molar refractivity (Wildman–Crippen MR) is 133 cm³/mol. The molecule has 3 heterocycles. The lowest BCUT2D eigenvalue weighted by Crippen LogP contribution is -2.38. The number of anilines is 2. The van der Waals surface area contributed by atoms with Gasteiger partial charge < -0.3 is 9.64 Å². The molecule has 2 atom stereocenters. The van der Waals surface area contributed by atoms with Crippen LogP contribution in [0, 0.1) is 0 Å². The topological polar surface area (TPSA) is 54.5 Å². The average molecular weight is 462 g/mol. The van der Waals surface area contributed by atoms with Crippen molar-refractivity contribution in [3.8, 4) is 0 Å². The van der Waals surface area contributed by atoms with Crippen molar-refractivity contribution >= 4 is 29.2 Å². The highest BCUT2D eigenvalue weighted by molar-refractivity contribution is 6.17. The van der Waals surface area contributed by atoms with Gasteiger partial charge in [0.1, 0.15) is 5.82 Å². The number of alkyl halides is 1. The van der Waals surface area contributed by atoms with E-state index < -0.39 is 6.09 Å². The van der Waals surface area contributed by atoms with Crippen LogP contribution in [0.3, 0.4) is 0 Å². The lowest BCUT2D eigenvalue weighted by Gasteiger charge is -2.42. The molecule has 0 saturated heterocycles. The molecular weight excluding hydrogens is 434 g/mol. The highest BCUT2D eigenvalue weighted by Gasteiger charge is 2.36. The van der Waals surface area contributed by atoms with Gasteiger partial charge in [0, 0.05) is 30.8 Å². The summed E-state index contributed by atoms with van der Waals surface area (Å²) in [6.45, 7) is 2.31. The van der Waals surface area contributed by atoms with E-state index in [-0.39, 0.29) is 11.8 Å². The largest absolute Gasteiger partial charge is 0.449 e. The Labute approximate surface area is 199 Å². The van der Waals surface area contributed by atoms with E-state index in [1.54, 1.807) is 0 Å². The Balaban J connectivity index is 1.58. The molecule has 1 aromatic heterocycles. The van der Waals surface area contributed by atoms with E-state index in [9.17, 15) is 4.79 Å². The van der Waals surface area contributed by atoms with Gasteiger partial charge in [0.05, 0.1) is 18.0 Å². The molecule has 0 saturated carbocycles. The third-order valence-corrected chi connectivity index (χ3v) is 6.86. The van der Waals surface area contributed by atoms with Crippen LogP contribution in [0.1, 0.15) is 53.5 Å². The van der Waals surface area contributed by atoms with Gasteiger partial charge in [0.25, 0.3) is 0 Å². The van der Waals surface area contributed by atoms with Gasteiger partial charge in [-0.2, -0.15) is 0 Å². The number of nitrogens with one attached hydrogen (secondary N) is 1. The first kappa shape index (κ1) is 21.8. The predicted octanol–water partition coefficient (Wildman–Crippen LogP) is 6.14. The Bertz CT molecular complexity index is 1030. The summed E-state index contributed by atoms with van der Waals surface area (Å²) in [6.07, 6.45) is 2.17. The zero-order valence-electron chi connectivity index (χ0n) is 18.5. The summed E-state index contributed by atoms with van der Waals surface area (Å²) in [5.74, 6) is 1.47. The molecule has 1 amide bonds. The molecule has 0 radical (unpaired) electrons. The van der Waals surface area contributed by atoms with Crippen molar-refractivity contribution in [3.05, 3.63) is 89.1 Å². The first-order valence-corrected chi connectivity index (χ1v) is 12.2. The van der Waals surface area contributed by atoms with Crippen LogP contribution in [0.4, 0.5) is 16.3 Å².